The van der Waals surface area contributed by atoms with Crippen LogP contribution in [0.5, 0.6) is 0 Å². The number of nitrogens with one attached hydrogen (secondary N) is 2. The Morgan fingerprint density at radius 1 is 1.45 bits per heavy atom. The van der Waals surface area contributed by atoms with Crippen LogP contribution in [0.3, 0.4) is 0 Å². The first kappa shape index (κ1) is 10.7. The molecule has 0 rings (SSSR count). The van der Waals surface area contributed by atoms with Gasteiger partial charge in [0, 0.05) is 6.04 Å². The molecule has 1 atom stereocenters. The number of nitrogens with two attached hydrogens (primary N) is 1. The summed E-state index contributed by atoms with van der Waals surface area (Å²) in [5, 5.41) is 0.292. The van der Waals surface area contributed by atoms with Gasteiger partial charge in [-0.15, -0.1) is 0 Å². The second-order valence-electron chi connectivity index (χ2n) is 3.16. The SMILES string of the molecule is CC(C)CC(C)NNC(N)=S. The third-order valence-corrected chi connectivity index (χ3v) is 1.37. The van der Waals surface area contributed by atoms with Crippen LogP contribution in [0.2, 0.25) is 0 Å². The standard InChI is InChI=1S/C7H17N3S/c1-5(2)4-6(3)9-10-7(8)11/h5-6,9H,4H2,1-3H3,(H3,8,10,11). The summed E-state index contributed by atoms with van der Waals surface area (Å²) in [6.07, 6.45) is 1.11. The first-order valence-corrected chi connectivity index (χ1v) is 4.24. The molecule has 0 saturated carbocycles. The van der Waals surface area contributed by atoms with Crippen LogP contribution in [0.15, 0.2) is 0 Å². The molecule has 0 amide bonds. The average molecular weight is 175 g/mol. The van der Waals surface area contributed by atoms with Crippen molar-refractivity contribution in [3.8, 4) is 0 Å². The molecule has 3 nitrogen and oxygen atoms in total. The van der Waals surface area contributed by atoms with Gasteiger partial charge in [0.15, 0.2) is 5.11 Å². The van der Waals surface area contributed by atoms with Gasteiger partial charge >= 0.3 is 0 Å². The molecule has 0 spiro atoms. The van der Waals surface area contributed by atoms with Crippen molar-refractivity contribution in [2.24, 2.45) is 11.7 Å². The van der Waals surface area contributed by atoms with E-state index < -0.39 is 0 Å². The van der Waals surface area contributed by atoms with Gasteiger partial charge in [0.2, 0.25) is 0 Å². The monoisotopic (exact) mass is 175 g/mol. The van der Waals surface area contributed by atoms with Gasteiger partial charge in [0.05, 0.1) is 0 Å². The van der Waals surface area contributed by atoms with E-state index in [1.54, 1.807) is 0 Å². The molecule has 4 heteroatoms. The number of thiocarbonyl (C=S) groups is 1. The molecule has 4 N–H and O–H groups in total. The summed E-state index contributed by atoms with van der Waals surface area (Å²) in [6.45, 7) is 6.45. The predicted octanol–water partition coefficient (Wildman–Crippen LogP) is 0.759. The second kappa shape index (κ2) is 5.32. The lowest BCUT2D eigenvalue weighted by Crippen LogP contribution is -2.45. The van der Waals surface area contributed by atoms with Crippen LogP contribution in [0.25, 0.3) is 0 Å². The summed E-state index contributed by atoms with van der Waals surface area (Å²) in [4.78, 5) is 0. The Labute approximate surface area is 73.7 Å². The number of hydrazine groups is 1. The number of hydrogen-bond acceptors (Lipinski definition) is 2. The molecule has 0 aromatic heterocycles. The molecule has 0 aliphatic heterocycles. The quantitative estimate of drug-likeness (QED) is 0.436. The number of rotatable bonds is 4. The van der Waals surface area contributed by atoms with Gasteiger partial charge in [-0.3, -0.25) is 5.43 Å². The minimum atomic E-state index is 0.292. The Morgan fingerprint density at radius 2 is 2.00 bits per heavy atom. The van der Waals surface area contributed by atoms with Crippen molar-refractivity contribution in [3.63, 3.8) is 0 Å². The largest absolute Gasteiger partial charge is 0.375 e. The van der Waals surface area contributed by atoms with E-state index in [1.165, 1.54) is 0 Å². The molecule has 0 aliphatic carbocycles. The Morgan fingerprint density at radius 3 is 2.36 bits per heavy atom. The van der Waals surface area contributed by atoms with Crippen molar-refractivity contribution in [2.75, 3.05) is 0 Å². The average Bonchev–Trinajstić information content (AvgIpc) is 1.82. The predicted molar refractivity (Wildman–Crippen MR) is 52.0 cm³/mol. The van der Waals surface area contributed by atoms with E-state index in [2.05, 4.69) is 43.8 Å². The van der Waals surface area contributed by atoms with E-state index in [-0.39, 0.29) is 0 Å². The van der Waals surface area contributed by atoms with E-state index in [9.17, 15) is 0 Å². The summed E-state index contributed by atoms with van der Waals surface area (Å²) in [7, 11) is 0. The maximum absolute atomic E-state index is 5.23. The van der Waals surface area contributed by atoms with E-state index in [0.29, 0.717) is 17.1 Å². The normalized spacial score (nSPS) is 13.1. The summed E-state index contributed by atoms with van der Waals surface area (Å²) < 4.78 is 0. The lowest BCUT2D eigenvalue weighted by atomic mass is 10.1. The molecule has 0 saturated heterocycles. The molecule has 0 heterocycles. The highest BCUT2D eigenvalue weighted by molar-refractivity contribution is 7.80. The smallest absolute Gasteiger partial charge is 0.178 e. The third kappa shape index (κ3) is 7.55. The highest BCUT2D eigenvalue weighted by Crippen LogP contribution is 2.02. The fraction of sp³-hybridized carbons (Fsp3) is 0.857. The molecular formula is C7H17N3S. The van der Waals surface area contributed by atoms with Crippen molar-refractivity contribution >= 4 is 17.3 Å². The fourth-order valence-corrected chi connectivity index (χ4v) is 1.02. The van der Waals surface area contributed by atoms with Crippen molar-refractivity contribution in [2.45, 2.75) is 33.2 Å². The van der Waals surface area contributed by atoms with E-state index in [1.807, 2.05) is 0 Å². The van der Waals surface area contributed by atoms with E-state index in [0.717, 1.165) is 6.42 Å². The third-order valence-electron chi connectivity index (χ3n) is 1.27. The zero-order chi connectivity index (χ0) is 8.85. The topological polar surface area (TPSA) is 50.1 Å². The van der Waals surface area contributed by atoms with Crippen LogP contribution >= 0.6 is 12.2 Å². The first-order chi connectivity index (χ1) is 5.02. The van der Waals surface area contributed by atoms with Gasteiger partial charge in [-0.05, 0) is 31.5 Å². The summed E-state index contributed by atoms with van der Waals surface area (Å²) in [5.41, 5.74) is 10.9. The van der Waals surface area contributed by atoms with Gasteiger partial charge in [-0.25, -0.2) is 5.43 Å². The molecule has 0 aromatic carbocycles. The van der Waals surface area contributed by atoms with Crippen molar-refractivity contribution in [1.29, 1.82) is 0 Å². The van der Waals surface area contributed by atoms with E-state index in [4.69, 9.17) is 5.73 Å². The maximum Gasteiger partial charge on any atom is 0.178 e. The molecule has 0 aliphatic rings. The van der Waals surface area contributed by atoms with Crippen molar-refractivity contribution < 1.29 is 0 Å². The van der Waals surface area contributed by atoms with Crippen LogP contribution in [0, 0.1) is 5.92 Å². The number of hydrogen-bond donors (Lipinski definition) is 3. The Balaban J connectivity index is 3.37. The Kier molecular flexibility index (Phi) is 5.15. The molecule has 11 heavy (non-hydrogen) atoms. The van der Waals surface area contributed by atoms with Gasteiger partial charge in [-0.2, -0.15) is 0 Å². The Hall–Kier alpha value is -0.350. The highest BCUT2D eigenvalue weighted by atomic mass is 32.1. The van der Waals surface area contributed by atoms with Crippen molar-refractivity contribution in [3.05, 3.63) is 0 Å². The first-order valence-electron chi connectivity index (χ1n) is 3.83. The van der Waals surface area contributed by atoms with Crippen LogP contribution < -0.4 is 16.6 Å². The molecule has 0 radical (unpaired) electrons. The Bertz CT molecular complexity index is 125. The lowest BCUT2D eigenvalue weighted by molar-refractivity contribution is 0.428. The molecule has 0 aromatic rings. The van der Waals surface area contributed by atoms with Crippen LogP contribution in [0.4, 0.5) is 0 Å². The lowest BCUT2D eigenvalue weighted by Gasteiger charge is -2.16. The van der Waals surface area contributed by atoms with Crippen LogP contribution in [0.1, 0.15) is 27.2 Å². The van der Waals surface area contributed by atoms with Gasteiger partial charge < -0.3 is 5.73 Å². The van der Waals surface area contributed by atoms with Crippen LogP contribution in [-0.2, 0) is 0 Å². The zero-order valence-electron chi connectivity index (χ0n) is 7.35. The molecular weight excluding hydrogens is 158 g/mol. The minimum absolute atomic E-state index is 0.292. The molecule has 0 bridgehead atoms. The summed E-state index contributed by atoms with van der Waals surface area (Å²) >= 11 is 4.63. The zero-order valence-corrected chi connectivity index (χ0v) is 8.16. The summed E-state index contributed by atoms with van der Waals surface area (Å²) in [5.74, 6) is 0.686. The fourth-order valence-electron chi connectivity index (χ4n) is 0.960. The van der Waals surface area contributed by atoms with Gasteiger partial charge in [0.1, 0.15) is 0 Å². The van der Waals surface area contributed by atoms with E-state index >= 15 is 0 Å². The van der Waals surface area contributed by atoms with Crippen molar-refractivity contribution in [1.82, 2.24) is 10.9 Å². The second-order valence-corrected chi connectivity index (χ2v) is 3.60. The molecule has 1 unspecified atom stereocenters. The maximum atomic E-state index is 5.23. The van der Waals surface area contributed by atoms with Crippen LogP contribution in [-0.4, -0.2) is 11.2 Å². The molecule has 0 fully saturated rings. The summed E-state index contributed by atoms with van der Waals surface area (Å²) in [6, 6.07) is 0.400. The van der Waals surface area contributed by atoms with Gasteiger partial charge in [0.25, 0.3) is 0 Å². The minimum Gasteiger partial charge on any atom is -0.375 e. The molecule has 66 valence electrons. The highest BCUT2D eigenvalue weighted by Gasteiger charge is 2.02. The van der Waals surface area contributed by atoms with Gasteiger partial charge in [-0.1, -0.05) is 13.8 Å².